The normalized spacial score (nSPS) is 17.7. The minimum Gasteiger partial charge on any atom is -0.447 e. The molecule has 0 bridgehead atoms. The van der Waals surface area contributed by atoms with Gasteiger partial charge in [0.25, 0.3) is 5.91 Å². The van der Waals surface area contributed by atoms with E-state index < -0.39 is 42.1 Å². The molecule has 1 aliphatic rings. The molecule has 0 aliphatic carbocycles. The van der Waals surface area contributed by atoms with E-state index in [0.29, 0.717) is 11.3 Å². The number of aryl methyl sites for hydroxylation is 2. The van der Waals surface area contributed by atoms with Crippen LogP contribution >= 0.6 is 0 Å². The van der Waals surface area contributed by atoms with Gasteiger partial charge in [-0.1, -0.05) is 12.1 Å². The van der Waals surface area contributed by atoms with Gasteiger partial charge < -0.3 is 19.4 Å². The number of hydrogen-bond acceptors (Lipinski definition) is 5. The van der Waals surface area contributed by atoms with Crippen LogP contribution in [-0.4, -0.2) is 30.2 Å². The van der Waals surface area contributed by atoms with Gasteiger partial charge in [-0.3, -0.25) is 9.59 Å². The SMILES string of the molecule is CC(=O)OC(C(=O)Nc1ccc(B2OC(C)(C)C(C)(C)O2)c(C)c1)c1cc(C)cc(F)c1. The van der Waals surface area contributed by atoms with Crippen molar-refractivity contribution in [3.05, 3.63) is 58.9 Å². The summed E-state index contributed by atoms with van der Waals surface area (Å²) in [5.41, 5.74) is 2.20. The van der Waals surface area contributed by atoms with E-state index in [2.05, 4.69) is 5.32 Å². The topological polar surface area (TPSA) is 73.9 Å². The third-order valence-electron chi connectivity index (χ3n) is 5.93. The largest absolute Gasteiger partial charge is 0.495 e. The quantitative estimate of drug-likeness (QED) is 0.561. The number of esters is 1. The number of anilines is 1. The van der Waals surface area contributed by atoms with Crippen molar-refractivity contribution in [1.82, 2.24) is 0 Å². The zero-order valence-electron chi connectivity index (χ0n) is 19.5. The van der Waals surface area contributed by atoms with E-state index in [0.717, 1.165) is 11.0 Å². The van der Waals surface area contributed by atoms with E-state index in [4.69, 9.17) is 14.0 Å². The summed E-state index contributed by atoms with van der Waals surface area (Å²) in [6, 6.07) is 9.49. The maximum absolute atomic E-state index is 13.9. The Morgan fingerprint density at radius 2 is 1.66 bits per heavy atom. The maximum Gasteiger partial charge on any atom is 0.495 e. The number of rotatable bonds is 5. The zero-order chi connectivity index (χ0) is 23.8. The van der Waals surface area contributed by atoms with Crippen molar-refractivity contribution in [1.29, 1.82) is 0 Å². The van der Waals surface area contributed by atoms with Gasteiger partial charge in [0.1, 0.15) is 5.82 Å². The molecule has 2 aromatic rings. The van der Waals surface area contributed by atoms with Crippen LogP contribution in [0.4, 0.5) is 10.1 Å². The van der Waals surface area contributed by atoms with Gasteiger partial charge in [-0.05, 0) is 82.4 Å². The van der Waals surface area contributed by atoms with Gasteiger partial charge in [-0.15, -0.1) is 0 Å². The zero-order valence-corrected chi connectivity index (χ0v) is 19.5. The minimum atomic E-state index is -1.27. The average molecular weight is 441 g/mol. The van der Waals surface area contributed by atoms with Crippen LogP contribution in [0.1, 0.15) is 57.4 Å². The number of nitrogens with one attached hydrogen (secondary N) is 1. The molecular formula is C24H29BFNO5. The van der Waals surface area contributed by atoms with Crippen molar-refractivity contribution in [3.63, 3.8) is 0 Å². The Morgan fingerprint density at radius 1 is 1.03 bits per heavy atom. The molecule has 0 spiro atoms. The lowest BCUT2D eigenvalue weighted by molar-refractivity contribution is -0.152. The van der Waals surface area contributed by atoms with Crippen molar-refractivity contribution in [2.45, 2.75) is 65.8 Å². The van der Waals surface area contributed by atoms with Crippen LogP contribution in [0.25, 0.3) is 0 Å². The fourth-order valence-corrected chi connectivity index (χ4v) is 3.55. The van der Waals surface area contributed by atoms with Crippen molar-refractivity contribution in [2.24, 2.45) is 0 Å². The standard InChI is InChI=1S/C24H29BFNO5/c1-14-10-17(13-18(26)11-14)21(30-16(3)28)22(29)27-19-8-9-20(15(2)12-19)25-31-23(4,5)24(6,7)32-25/h8-13,21H,1-7H3,(H,27,29). The van der Waals surface area contributed by atoms with Crippen LogP contribution in [0.5, 0.6) is 0 Å². The molecule has 0 aromatic heterocycles. The lowest BCUT2D eigenvalue weighted by atomic mass is 9.76. The first-order valence-corrected chi connectivity index (χ1v) is 10.5. The second kappa shape index (κ2) is 8.67. The molecule has 0 radical (unpaired) electrons. The Balaban J connectivity index is 1.82. The van der Waals surface area contributed by atoms with E-state index in [1.807, 2.05) is 40.7 Å². The molecule has 3 rings (SSSR count). The lowest BCUT2D eigenvalue weighted by Gasteiger charge is -2.32. The average Bonchev–Trinajstić information content (AvgIpc) is 2.85. The molecule has 170 valence electrons. The van der Waals surface area contributed by atoms with Gasteiger partial charge in [-0.2, -0.15) is 0 Å². The van der Waals surface area contributed by atoms with Gasteiger partial charge in [0.2, 0.25) is 6.10 Å². The molecular weight excluding hydrogens is 412 g/mol. The molecule has 1 atom stereocenters. The maximum atomic E-state index is 13.9. The van der Waals surface area contributed by atoms with E-state index in [9.17, 15) is 14.0 Å². The van der Waals surface area contributed by atoms with Crippen LogP contribution in [0.3, 0.4) is 0 Å². The summed E-state index contributed by atoms with van der Waals surface area (Å²) in [7, 11) is -0.520. The fraction of sp³-hybridized carbons (Fsp3) is 0.417. The van der Waals surface area contributed by atoms with Crippen LogP contribution in [0.2, 0.25) is 0 Å². The molecule has 1 unspecified atom stereocenters. The van der Waals surface area contributed by atoms with Gasteiger partial charge in [0, 0.05) is 18.2 Å². The first kappa shape index (κ1) is 23.9. The number of amides is 1. The summed E-state index contributed by atoms with van der Waals surface area (Å²) >= 11 is 0. The molecule has 0 saturated carbocycles. The summed E-state index contributed by atoms with van der Waals surface area (Å²) in [6.45, 7) is 12.7. The van der Waals surface area contributed by atoms with Crippen LogP contribution < -0.4 is 10.8 Å². The van der Waals surface area contributed by atoms with E-state index in [-0.39, 0.29) is 5.56 Å². The monoisotopic (exact) mass is 441 g/mol. The third kappa shape index (κ3) is 5.02. The van der Waals surface area contributed by atoms with Crippen molar-refractivity contribution in [3.8, 4) is 0 Å². The molecule has 1 saturated heterocycles. The highest BCUT2D eigenvalue weighted by molar-refractivity contribution is 6.62. The number of benzene rings is 2. The van der Waals surface area contributed by atoms with E-state index in [1.54, 1.807) is 25.1 Å². The number of carbonyl (C=O) groups is 2. The van der Waals surface area contributed by atoms with E-state index >= 15 is 0 Å². The summed E-state index contributed by atoms with van der Waals surface area (Å²) in [6.07, 6.45) is -1.27. The number of hydrogen-bond donors (Lipinski definition) is 1. The smallest absolute Gasteiger partial charge is 0.447 e. The molecule has 1 N–H and O–H groups in total. The highest BCUT2D eigenvalue weighted by atomic mass is 19.1. The Kier molecular flexibility index (Phi) is 6.49. The molecule has 6 nitrogen and oxygen atoms in total. The number of carbonyl (C=O) groups excluding carboxylic acids is 2. The van der Waals surface area contributed by atoms with Gasteiger partial charge in [0.05, 0.1) is 11.2 Å². The van der Waals surface area contributed by atoms with Crippen LogP contribution in [0, 0.1) is 19.7 Å². The van der Waals surface area contributed by atoms with Gasteiger partial charge in [-0.25, -0.2) is 4.39 Å². The summed E-state index contributed by atoms with van der Waals surface area (Å²) in [4.78, 5) is 24.5. The number of ether oxygens (including phenoxy) is 1. The first-order chi connectivity index (χ1) is 14.8. The molecule has 8 heteroatoms. The lowest BCUT2D eigenvalue weighted by Crippen LogP contribution is -2.41. The van der Waals surface area contributed by atoms with Crippen LogP contribution in [-0.2, 0) is 23.6 Å². The molecule has 1 amide bonds. The van der Waals surface area contributed by atoms with Crippen molar-refractivity contribution >= 4 is 30.1 Å². The highest BCUT2D eigenvalue weighted by Crippen LogP contribution is 2.36. The molecule has 1 heterocycles. The highest BCUT2D eigenvalue weighted by Gasteiger charge is 2.52. The van der Waals surface area contributed by atoms with Crippen molar-refractivity contribution < 1.29 is 28.0 Å². The molecule has 1 aliphatic heterocycles. The summed E-state index contributed by atoms with van der Waals surface area (Å²) in [5.74, 6) is -1.72. The third-order valence-corrected chi connectivity index (χ3v) is 5.93. The first-order valence-electron chi connectivity index (χ1n) is 10.5. The second-order valence-electron chi connectivity index (χ2n) is 9.20. The van der Waals surface area contributed by atoms with E-state index in [1.165, 1.54) is 19.1 Å². The molecule has 2 aromatic carbocycles. The fourth-order valence-electron chi connectivity index (χ4n) is 3.55. The summed E-state index contributed by atoms with van der Waals surface area (Å²) in [5, 5.41) is 2.76. The molecule has 32 heavy (non-hydrogen) atoms. The van der Waals surface area contributed by atoms with Gasteiger partial charge >= 0.3 is 13.1 Å². The number of halogens is 1. The summed E-state index contributed by atoms with van der Waals surface area (Å²) < 4.78 is 31.3. The predicted molar refractivity (Wildman–Crippen MR) is 121 cm³/mol. The minimum absolute atomic E-state index is 0.265. The predicted octanol–water partition coefficient (Wildman–Crippen LogP) is 3.98. The Bertz CT molecular complexity index is 1020. The second-order valence-corrected chi connectivity index (χ2v) is 9.20. The molecule has 1 fully saturated rings. The van der Waals surface area contributed by atoms with Gasteiger partial charge in [0.15, 0.2) is 0 Å². The Hall–Kier alpha value is -2.71. The Morgan fingerprint density at radius 3 is 2.19 bits per heavy atom. The Labute approximate surface area is 188 Å². The van der Waals surface area contributed by atoms with Crippen molar-refractivity contribution in [2.75, 3.05) is 5.32 Å². The van der Waals surface area contributed by atoms with Crippen LogP contribution in [0.15, 0.2) is 36.4 Å².